The summed E-state index contributed by atoms with van der Waals surface area (Å²) in [5.74, 6) is 0.900. The summed E-state index contributed by atoms with van der Waals surface area (Å²) in [7, 11) is 0. The molecule has 96 valence electrons. The van der Waals surface area contributed by atoms with Crippen molar-refractivity contribution in [2.45, 2.75) is 40.5 Å². The van der Waals surface area contributed by atoms with Crippen LogP contribution in [0.1, 0.15) is 48.9 Å². The second kappa shape index (κ2) is 4.97. The van der Waals surface area contributed by atoms with Gasteiger partial charge in [0.2, 0.25) is 0 Å². The van der Waals surface area contributed by atoms with E-state index in [1.54, 1.807) is 0 Å². The molecule has 0 aliphatic rings. The molecule has 0 bridgehead atoms. The number of benzene rings is 1. The number of hydrogen-bond acceptors (Lipinski definition) is 2. The van der Waals surface area contributed by atoms with Gasteiger partial charge < -0.3 is 4.42 Å². The topological polar surface area (TPSA) is 30.2 Å². The Labute approximate surface area is 108 Å². The smallest absolute Gasteiger partial charge is 0.169 e. The van der Waals surface area contributed by atoms with Crippen molar-refractivity contribution in [3.05, 3.63) is 35.1 Å². The molecular weight excluding hydrogens is 224 g/mol. The number of Topliss-reactive ketones (excluding diaryl/α,β-unsaturated/α-hetero) is 1. The molecule has 0 radical (unpaired) electrons. The number of carbonyl (C=O) groups is 1. The van der Waals surface area contributed by atoms with E-state index in [1.807, 2.05) is 26.8 Å². The highest BCUT2D eigenvalue weighted by Gasteiger charge is 2.20. The van der Waals surface area contributed by atoms with Crippen LogP contribution in [0.3, 0.4) is 0 Å². The van der Waals surface area contributed by atoms with Crippen LogP contribution >= 0.6 is 0 Å². The number of aryl methyl sites for hydroxylation is 2. The van der Waals surface area contributed by atoms with Crippen LogP contribution in [0, 0.1) is 12.8 Å². The quantitative estimate of drug-likeness (QED) is 0.739. The highest BCUT2D eigenvalue weighted by molar-refractivity contribution is 6.09. The summed E-state index contributed by atoms with van der Waals surface area (Å²) in [5.41, 5.74) is 2.85. The largest absolute Gasteiger partial charge is 0.461 e. The van der Waals surface area contributed by atoms with Crippen molar-refractivity contribution in [2.75, 3.05) is 0 Å². The van der Waals surface area contributed by atoms with Crippen LogP contribution in [0.5, 0.6) is 0 Å². The molecule has 1 heterocycles. The van der Waals surface area contributed by atoms with Crippen molar-refractivity contribution in [1.29, 1.82) is 0 Å². The number of furan rings is 1. The predicted molar refractivity (Wildman–Crippen MR) is 74.1 cm³/mol. The number of carbonyl (C=O) groups excluding carboxylic acids is 1. The summed E-state index contributed by atoms with van der Waals surface area (Å²) in [6.07, 6.45) is 2.14. The second-order valence-electron chi connectivity index (χ2n) is 5.13. The molecular formula is C16H20O2. The van der Waals surface area contributed by atoms with E-state index in [1.165, 1.54) is 5.56 Å². The zero-order chi connectivity index (χ0) is 13.3. The van der Waals surface area contributed by atoms with Crippen LogP contribution in [0.25, 0.3) is 11.0 Å². The molecule has 2 rings (SSSR count). The molecule has 2 heteroatoms. The van der Waals surface area contributed by atoms with Gasteiger partial charge in [-0.1, -0.05) is 33.3 Å². The van der Waals surface area contributed by atoms with E-state index in [4.69, 9.17) is 4.42 Å². The lowest BCUT2D eigenvalue weighted by Crippen LogP contribution is -2.08. The Morgan fingerprint density at radius 1 is 1.33 bits per heavy atom. The average Bonchev–Trinajstić information content (AvgIpc) is 2.64. The molecule has 1 aromatic carbocycles. The summed E-state index contributed by atoms with van der Waals surface area (Å²) in [4.78, 5) is 12.2. The lowest BCUT2D eigenvalue weighted by Gasteiger charge is -2.04. The van der Waals surface area contributed by atoms with Crippen molar-refractivity contribution >= 4 is 16.8 Å². The maximum atomic E-state index is 12.2. The van der Waals surface area contributed by atoms with Crippen LogP contribution in [0.2, 0.25) is 0 Å². The van der Waals surface area contributed by atoms with Crippen LogP contribution in [-0.4, -0.2) is 5.78 Å². The predicted octanol–water partition coefficient (Wildman–Crippen LogP) is 4.53. The van der Waals surface area contributed by atoms with E-state index in [9.17, 15) is 4.79 Å². The lowest BCUT2D eigenvalue weighted by atomic mass is 9.97. The lowest BCUT2D eigenvalue weighted by molar-refractivity contribution is 0.0939. The maximum absolute atomic E-state index is 12.2. The summed E-state index contributed by atoms with van der Waals surface area (Å²) in [5, 5.41) is 0.970. The zero-order valence-electron chi connectivity index (χ0n) is 11.5. The Balaban J connectivity index is 2.60. The number of hydrogen-bond donors (Lipinski definition) is 0. The van der Waals surface area contributed by atoms with E-state index in [2.05, 4.69) is 19.1 Å². The van der Waals surface area contributed by atoms with Gasteiger partial charge in [-0.05, 0) is 31.0 Å². The van der Waals surface area contributed by atoms with Crippen LogP contribution in [-0.2, 0) is 6.42 Å². The minimum absolute atomic E-state index is 0.000619. The van der Waals surface area contributed by atoms with Crippen molar-refractivity contribution in [3.63, 3.8) is 0 Å². The molecule has 18 heavy (non-hydrogen) atoms. The van der Waals surface area contributed by atoms with Crippen LogP contribution in [0.4, 0.5) is 0 Å². The molecule has 2 nitrogen and oxygen atoms in total. The first kappa shape index (κ1) is 12.9. The van der Waals surface area contributed by atoms with Gasteiger partial charge in [-0.2, -0.15) is 0 Å². The summed E-state index contributed by atoms with van der Waals surface area (Å²) < 4.78 is 5.68. The van der Waals surface area contributed by atoms with E-state index >= 15 is 0 Å². The van der Waals surface area contributed by atoms with Gasteiger partial charge in [0.15, 0.2) is 5.78 Å². The van der Waals surface area contributed by atoms with Gasteiger partial charge >= 0.3 is 0 Å². The van der Waals surface area contributed by atoms with Crippen molar-refractivity contribution < 1.29 is 9.21 Å². The van der Waals surface area contributed by atoms with E-state index in [0.717, 1.165) is 35.1 Å². The first-order chi connectivity index (χ1) is 8.54. The van der Waals surface area contributed by atoms with Crippen molar-refractivity contribution in [3.8, 4) is 0 Å². The van der Waals surface area contributed by atoms with Crippen LogP contribution in [0.15, 0.2) is 22.6 Å². The van der Waals surface area contributed by atoms with E-state index in [-0.39, 0.29) is 11.7 Å². The third kappa shape index (κ3) is 2.20. The Hall–Kier alpha value is -1.57. The van der Waals surface area contributed by atoms with Gasteiger partial charge in [-0.3, -0.25) is 4.79 Å². The molecule has 0 fully saturated rings. The summed E-state index contributed by atoms with van der Waals surface area (Å²) in [6, 6.07) is 6.16. The maximum Gasteiger partial charge on any atom is 0.169 e. The van der Waals surface area contributed by atoms with Gasteiger partial charge in [-0.15, -0.1) is 0 Å². The Kier molecular flexibility index (Phi) is 3.55. The highest BCUT2D eigenvalue weighted by atomic mass is 16.3. The fourth-order valence-electron chi connectivity index (χ4n) is 2.31. The minimum atomic E-state index is -0.000619. The highest BCUT2D eigenvalue weighted by Crippen LogP contribution is 2.28. The summed E-state index contributed by atoms with van der Waals surface area (Å²) in [6.45, 7) is 7.88. The first-order valence-corrected chi connectivity index (χ1v) is 6.60. The van der Waals surface area contributed by atoms with Gasteiger partial charge in [0.25, 0.3) is 0 Å². The van der Waals surface area contributed by atoms with Crippen molar-refractivity contribution in [1.82, 2.24) is 0 Å². The van der Waals surface area contributed by atoms with Gasteiger partial charge in [0.05, 0.1) is 5.56 Å². The Morgan fingerprint density at radius 3 is 2.67 bits per heavy atom. The molecule has 0 aliphatic carbocycles. The molecule has 0 saturated heterocycles. The van der Waals surface area contributed by atoms with Gasteiger partial charge in [0.1, 0.15) is 11.3 Å². The normalized spacial score (nSPS) is 11.4. The number of rotatable bonds is 4. The third-order valence-electron chi connectivity index (χ3n) is 3.24. The molecule has 0 spiro atoms. The molecule has 0 atom stereocenters. The first-order valence-electron chi connectivity index (χ1n) is 6.60. The Morgan fingerprint density at radius 2 is 2.06 bits per heavy atom. The van der Waals surface area contributed by atoms with Crippen molar-refractivity contribution in [2.24, 2.45) is 5.92 Å². The van der Waals surface area contributed by atoms with E-state index in [0.29, 0.717) is 0 Å². The van der Waals surface area contributed by atoms with E-state index < -0.39 is 0 Å². The fraction of sp³-hybridized carbons (Fsp3) is 0.438. The van der Waals surface area contributed by atoms with Gasteiger partial charge in [-0.25, -0.2) is 0 Å². The van der Waals surface area contributed by atoms with Gasteiger partial charge in [0, 0.05) is 11.3 Å². The third-order valence-corrected chi connectivity index (χ3v) is 3.24. The molecule has 1 aromatic heterocycles. The summed E-state index contributed by atoms with van der Waals surface area (Å²) >= 11 is 0. The molecule has 0 aliphatic heterocycles. The molecule has 2 aromatic rings. The molecule has 0 unspecified atom stereocenters. The van der Waals surface area contributed by atoms with Crippen LogP contribution < -0.4 is 0 Å². The Bertz CT molecular complexity index is 576. The molecule has 0 saturated carbocycles. The fourth-order valence-corrected chi connectivity index (χ4v) is 2.31. The average molecular weight is 244 g/mol. The number of fused-ring (bicyclic) bond motifs is 1. The SMILES string of the molecule is CCCc1ccc2oc(C)c(C(=O)C(C)C)c2c1. The number of ketones is 1. The molecule has 0 N–H and O–H groups in total. The zero-order valence-corrected chi connectivity index (χ0v) is 11.5. The minimum Gasteiger partial charge on any atom is -0.461 e. The monoisotopic (exact) mass is 244 g/mol. The standard InChI is InChI=1S/C16H20O2/c1-5-6-12-7-8-14-13(9-12)15(11(4)18-14)16(17)10(2)3/h7-10H,5-6H2,1-4H3. The molecule has 0 amide bonds. The second-order valence-corrected chi connectivity index (χ2v) is 5.13.